The summed E-state index contributed by atoms with van der Waals surface area (Å²) in [6.07, 6.45) is 3.10. The van der Waals surface area contributed by atoms with Gasteiger partial charge in [-0.3, -0.25) is 0 Å². The molecule has 128 valence electrons. The first-order chi connectivity index (χ1) is 12.1. The van der Waals surface area contributed by atoms with Crippen LogP contribution >= 0.6 is 0 Å². The van der Waals surface area contributed by atoms with E-state index in [-0.39, 0.29) is 17.9 Å². The Hall–Kier alpha value is -3.22. The van der Waals surface area contributed by atoms with E-state index in [0.29, 0.717) is 6.54 Å². The minimum Gasteiger partial charge on any atom is -0.334 e. The van der Waals surface area contributed by atoms with Crippen LogP contribution in [0.3, 0.4) is 0 Å². The molecular formula is C18H18FN5O. The minimum atomic E-state index is -0.295. The van der Waals surface area contributed by atoms with Crippen LogP contribution in [0.1, 0.15) is 24.1 Å². The summed E-state index contributed by atoms with van der Waals surface area (Å²) in [6, 6.07) is 13.3. The number of urea groups is 1. The first kappa shape index (κ1) is 16.6. The number of aromatic nitrogens is 3. The highest BCUT2D eigenvalue weighted by molar-refractivity contribution is 5.74. The average molecular weight is 339 g/mol. The molecule has 2 amide bonds. The van der Waals surface area contributed by atoms with Crippen molar-refractivity contribution in [2.24, 2.45) is 0 Å². The number of carbonyl (C=O) groups is 1. The zero-order valence-corrected chi connectivity index (χ0v) is 13.7. The van der Waals surface area contributed by atoms with Crippen molar-refractivity contribution in [1.29, 1.82) is 0 Å². The molecule has 0 aliphatic heterocycles. The van der Waals surface area contributed by atoms with Crippen LogP contribution in [0.2, 0.25) is 0 Å². The van der Waals surface area contributed by atoms with Gasteiger partial charge in [0.05, 0.1) is 11.7 Å². The fourth-order valence-electron chi connectivity index (χ4n) is 2.37. The van der Waals surface area contributed by atoms with Crippen LogP contribution in [-0.4, -0.2) is 20.8 Å². The molecule has 0 bridgehead atoms. The Morgan fingerprint density at radius 2 is 1.88 bits per heavy atom. The molecule has 0 fully saturated rings. The monoisotopic (exact) mass is 339 g/mol. The number of hydrogen-bond acceptors (Lipinski definition) is 3. The smallest absolute Gasteiger partial charge is 0.315 e. The van der Waals surface area contributed by atoms with E-state index >= 15 is 0 Å². The SMILES string of the molecule is CC(NC(=O)NCc1ccc(F)cc1)c1ccc(-n2cncn2)cc1. The van der Waals surface area contributed by atoms with Gasteiger partial charge in [-0.15, -0.1) is 0 Å². The largest absolute Gasteiger partial charge is 0.334 e. The van der Waals surface area contributed by atoms with E-state index in [2.05, 4.69) is 20.7 Å². The van der Waals surface area contributed by atoms with Crippen molar-refractivity contribution in [2.45, 2.75) is 19.5 Å². The lowest BCUT2D eigenvalue weighted by Crippen LogP contribution is -2.36. The molecule has 3 rings (SSSR count). The van der Waals surface area contributed by atoms with Gasteiger partial charge in [0.15, 0.2) is 0 Å². The molecule has 3 aromatic rings. The lowest BCUT2D eigenvalue weighted by atomic mass is 10.1. The highest BCUT2D eigenvalue weighted by atomic mass is 19.1. The maximum Gasteiger partial charge on any atom is 0.315 e. The fourth-order valence-corrected chi connectivity index (χ4v) is 2.37. The van der Waals surface area contributed by atoms with Gasteiger partial charge in [0.25, 0.3) is 0 Å². The molecule has 25 heavy (non-hydrogen) atoms. The summed E-state index contributed by atoms with van der Waals surface area (Å²) < 4.78 is 14.5. The van der Waals surface area contributed by atoms with Crippen LogP contribution in [-0.2, 0) is 6.54 Å². The van der Waals surface area contributed by atoms with Gasteiger partial charge in [-0.05, 0) is 42.3 Å². The van der Waals surface area contributed by atoms with Crippen LogP contribution in [0.4, 0.5) is 9.18 Å². The second-order valence-electron chi connectivity index (χ2n) is 5.61. The number of amides is 2. The Bertz CT molecular complexity index is 816. The fraction of sp³-hybridized carbons (Fsp3) is 0.167. The first-order valence-electron chi connectivity index (χ1n) is 7.85. The van der Waals surface area contributed by atoms with E-state index in [1.165, 1.54) is 18.5 Å². The van der Waals surface area contributed by atoms with Gasteiger partial charge in [0.1, 0.15) is 18.5 Å². The van der Waals surface area contributed by atoms with Crippen molar-refractivity contribution >= 4 is 6.03 Å². The van der Waals surface area contributed by atoms with Gasteiger partial charge in [-0.25, -0.2) is 18.9 Å². The van der Waals surface area contributed by atoms with Crippen molar-refractivity contribution < 1.29 is 9.18 Å². The molecule has 1 atom stereocenters. The predicted molar refractivity (Wildman–Crippen MR) is 91.5 cm³/mol. The number of nitrogens with zero attached hydrogens (tertiary/aromatic N) is 3. The molecule has 0 aliphatic carbocycles. The van der Waals surface area contributed by atoms with E-state index in [0.717, 1.165) is 16.8 Å². The Morgan fingerprint density at radius 1 is 1.16 bits per heavy atom. The summed E-state index contributed by atoms with van der Waals surface area (Å²) >= 11 is 0. The van der Waals surface area contributed by atoms with E-state index in [9.17, 15) is 9.18 Å². The molecule has 2 N–H and O–H groups in total. The Labute approximate surface area is 144 Å². The standard InChI is InChI=1S/C18H18FN5O/c1-13(15-4-8-17(9-5-15)24-12-20-11-22-24)23-18(25)21-10-14-2-6-16(19)7-3-14/h2-9,11-13H,10H2,1H3,(H2,21,23,25). The van der Waals surface area contributed by atoms with Crippen LogP contribution in [0, 0.1) is 5.82 Å². The van der Waals surface area contributed by atoms with Gasteiger partial charge < -0.3 is 10.6 Å². The molecule has 0 saturated carbocycles. The number of rotatable bonds is 5. The van der Waals surface area contributed by atoms with Gasteiger partial charge in [0.2, 0.25) is 0 Å². The molecule has 6 nitrogen and oxygen atoms in total. The number of halogens is 1. The first-order valence-corrected chi connectivity index (χ1v) is 7.85. The molecule has 0 radical (unpaired) electrons. The summed E-state index contributed by atoms with van der Waals surface area (Å²) in [5, 5.41) is 9.70. The number of carbonyl (C=O) groups excluding carboxylic acids is 1. The lowest BCUT2D eigenvalue weighted by molar-refractivity contribution is 0.237. The van der Waals surface area contributed by atoms with E-state index in [4.69, 9.17) is 0 Å². The highest BCUT2D eigenvalue weighted by Crippen LogP contribution is 2.15. The Kier molecular flexibility index (Phi) is 5.03. The third-order valence-corrected chi connectivity index (χ3v) is 3.79. The zero-order valence-electron chi connectivity index (χ0n) is 13.7. The summed E-state index contributed by atoms with van der Waals surface area (Å²) in [4.78, 5) is 15.9. The maximum absolute atomic E-state index is 12.9. The number of hydrogen-bond donors (Lipinski definition) is 2. The second kappa shape index (κ2) is 7.57. The molecule has 0 saturated heterocycles. The molecule has 0 spiro atoms. The predicted octanol–water partition coefficient (Wildman–Crippen LogP) is 2.97. The van der Waals surface area contributed by atoms with Crippen LogP contribution in [0.25, 0.3) is 5.69 Å². The lowest BCUT2D eigenvalue weighted by Gasteiger charge is -2.15. The minimum absolute atomic E-state index is 0.155. The number of benzene rings is 2. The van der Waals surface area contributed by atoms with E-state index in [1.807, 2.05) is 31.2 Å². The normalized spacial score (nSPS) is 11.8. The second-order valence-corrected chi connectivity index (χ2v) is 5.61. The number of nitrogens with one attached hydrogen (secondary N) is 2. The van der Waals surface area contributed by atoms with Crippen molar-refractivity contribution in [3.8, 4) is 5.69 Å². The summed E-state index contributed by atoms with van der Waals surface area (Å²) in [5.74, 6) is -0.295. The summed E-state index contributed by atoms with van der Waals surface area (Å²) in [6.45, 7) is 2.24. The average Bonchev–Trinajstić information content (AvgIpc) is 3.16. The molecule has 1 aromatic heterocycles. The zero-order chi connectivity index (χ0) is 17.6. The van der Waals surface area contributed by atoms with Gasteiger partial charge >= 0.3 is 6.03 Å². The van der Waals surface area contributed by atoms with Crippen molar-refractivity contribution in [3.63, 3.8) is 0 Å². The summed E-state index contributed by atoms with van der Waals surface area (Å²) in [7, 11) is 0. The van der Waals surface area contributed by atoms with Crippen LogP contribution in [0.5, 0.6) is 0 Å². The topological polar surface area (TPSA) is 71.8 Å². The Morgan fingerprint density at radius 3 is 2.52 bits per heavy atom. The third kappa shape index (κ3) is 4.41. The Balaban J connectivity index is 1.53. The maximum atomic E-state index is 12.9. The highest BCUT2D eigenvalue weighted by Gasteiger charge is 2.09. The molecular weight excluding hydrogens is 321 g/mol. The van der Waals surface area contributed by atoms with E-state index < -0.39 is 0 Å². The van der Waals surface area contributed by atoms with E-state index in [1.54, 1.807) is 23.1 Å². The van der Waals surface area contributed by atoms with Gasteiger partial charge in [0, 0.05) is 6.54 Å². The summed E-state index contributed by atoms with van der Waals surface area (Å²) in [5.41, 5.74) is 2.70. The molecule has 7 heteroatoms. The van der Waals surface area contributed by atoms with Crippen LogP contribution in [0.15, 0.2) is 61.2 Å². The van der Waals surface area contributed by atoms with Crippen molar-refractivity contribution in [2.75, 3.05) is 0 Å². The molecule has 1 heterocycles. The molecule has 1 unspecified atom stereocenters. The third-order valence-electron chi connectivity index (χ3n) is 3.79. The molecule has 0 aliphatic rings. The van der Waals surface area contributed by atoms with Crippen molar-refractivity contribution in [3.05, 3.63) is 78.1 Å². The van der Waals surface area contributed by atoms with Crippen molar-refractivity contribution in [1.82, 2.24) is 25.4 Å². The molecule has 2 aromatic carbocycles. The quantitative estimate of drug-likeness (QED) is 0.751. The van der Waals surface area contributed by atoms with Gasteiger partial charge in [-0.1, -0.05) is 24.3 Å². The van der Waals surface area contributed by atoms with Crippen LogP contribution < -0.4 is 10.6 Å². The van der Waals surface area contributed by atoms with Gasteiger partial charge in [-0.2, -0.15) is 5.10 Å².